The van der Waals surface area contributed by atoms with Crippen molar-refractivity contribution < 1.29 is 27.3 Å². The standard InChI is InChI=1S/C21H17F3N8O3/c1-2-34-15-5-3-4-13(10-15)17-16(27-31-32(17)19-18(25)29-35-30-19)20(33)28-26-11-12-6-8-14(9-7-12)21(22,23)24/h3-11H,2H2,1H3,(H2,25,29)(H,28,33)/b26-11-. The first kappa shape index (κ1) is 23.4. The summed E-state index contributed by atoms with van der Waals surface area (Å²) in [7, 11) is 0. The third kappa shape index (κ3) is 5.10. The van der Waals surface area contributed by atoms with Crippen molar-refractivity contribution in [3.05, 3.63) is 65.4 Å². The van der Waals surface area contributed by atoms with E-state index in [0.29, 0.717) is 23.5 Å². The van der Waals surface area contributed by atoms with Gasteiger partial charge in [-0.1, -0.05) is 29.5 Å². The number of ether oxygens (including phenoxy) is 1. The maximum atomic E-state index is 12.9. The normalized spacial score (nSPS) is 11.7. The number of hydrogen-bond donors (Lipinski definition) is 2. The molecule has 14 heteroatoms. The molecule has 0 saturated carbocycles. The fraction of sp³-hybridized carbons (Fsp3) is 0.143. The van der Waals surface area contributed by atoms with Crippen LogP contribution in [-0.4, -0.2) is 44.0 Å². The fourth-order valence-electron chi connectivity index (χ4n) is 3.06. The van der Waals surface area contributed by atoms with E-state index in [1.165, 1.54) is 23.0 Å². The number of halogens is 3. The highest BCUT2D eigenvalue weighted by molar-refractivity contribution is 5.99. The van der Waals surface area contributed by atoms with Gasteiger partial charge in [0.2, 0.25) is 11.6 Å². The van der Waals surface area contributed by atoms with E-state index >= 15 is 0 Å². The van der Waals surface area contributed by atoms with Crippen molar-refractivity contribution in [1.82, 2.24) is 30.7 Å². The smallest absolute Gasteiger partial charge is 0.416 e. The number of carbonyl (C=O) groups excluding carboxylic acids is 1. The van der Waals surface area contributed by atoms with Gasteiger partial charge in [-0.2, -0.15) is 23.0 Å². The first-order valence-corrected chi connectivity index (χ1v) is 10.1. The van der Waals surface area contributed by atoms with E-state index in [0.717, 1.165) is 12.1 Å². The van der Waals surface area contributed by atoms with Gasteiger partial charge in [-0.15, -0.1) is 5.10 Å². The number of aromatic nitrogens is 5. The number of nitrogen functional groups attached to an aromatic ring is 1. The van der Waals surface area contributed by atoms with Gasteiger partial charge in [-0.05, 0) is 47.1 Å². The van der Waals surface area contributed by atoms with E-state index < -0.39 is 17.6 Å². The van der Waals surface area contributed by atoms with Crippen molar-refractivity contribution in [3.8, 4) is 22.8 Å². The lowest BCUT2D eigenvalue weighted by molar-refractivity contribution is -0.137. The topological polar surface area (TPSA) is 146 Å². The highest BCUT2D eigenvalue weighted by atomic mass is 19.4. The van der Waals surface area contributed by atoms with E-state index in [1.54, 1.807) is 24.3 Å². The number of alkyl halides is 3. The summed E-state index contributed by atoms with van der Waals surface area (Å²) >= 11 is 0. The quantitative estimate of drug-likeness (QED) is 0.299. The summed E-state index contributed by atoms with van der Waals surface area (Å²) in [6, 6.07) is 11.1. The number of nitrogens with zero attached hydrogens (tertiary/aromatic N) is 6. The molecule has 0 aliphatic rings. The number of amides is 1. The Hall–Kier alpha value is -4.75. The van der Waals surface area contributed by atoms with E-state index in [2.05, 4.69) is 35.8 Å². The van der Waals surface area contributed by atoms with Crippen LogP contribution in [0, 0.1) is 0 Å². The van der Waals surface area contributed by atoms with E-state index in [4.69, 9.17) is 10.5 Å². The Morgan fingerprint density at radius 3 is 2.66 bits per heavy atom. The Balaban J connectivity index is 1.63. The summed E-state index contributed by atoms with van der Waals surface area (Å²) in [5.74, 6) is -0.270. The summed E-state index contributed by atoms with van der Waals surface area (Å²) in [4.78, 5) is 12.9. The molecule has 0 aliphatic heterocycles. The lowest BCUT2D eigenvalue weighted by Gasteiger charge is -2.08. The fourth-order valence-corrected chi connectivity index (χ4v) is 3.06. The molecule has 0 spiro atoms. The van der Waals surface area contributed by atoms with Crippen LogP contribution in [0.25, 0.3) is 17.1 Å². The molecule has 1 amide bonds. The monoisotopic (exact) mass is 486 g/mol. The minimum Gasteiger partial charge on any atom is -0.494 e. The average Bonchev–Trinajstić information content (AvgIpc) is 3.45. The average molecular weight is 486 g/mol. The molecule has 0 aliphatic carbocycles. The molecule has 0 atom stereocenters. The molecule has 0 bridgehead atoms. The number of hydrazone groups is 1. The summed E-state index contributed by atoms with van der Waals surface area (Å²) < 4.78 is 49.5. The maximum absolute atomic E-state index is 12.9. The molecule has 0 saturated heterocycles. The summed E-state index contributed by atoms with van der Waals surface area (Å²) in [5.41, 5.74) is 8.19. The molecule has 2 aromatic carbocycles. The zero-order valence-corrected chi connectivity index (χ0v) is 18.0. The van der Waals surface area contributed by atoms with Gasteiger partial charge in [0, 0.05) is 5.56 Å². The zero-order valence-electron chi connectivity index (χ0n) is 18.0. The number of nitrogens with two attached hydrogens (primary N) is 1. The van der Waals surface area contributed by atoms with Gasteiger partial charge in [0.25, 0.3) is 5.91 Å². The van der Waals surface area contributed by atoms with Crippen LogP contribution < -0.4 is 15.9 Å². The van der Waals surface area contributed by atoms with Crippen LogP contribution in [0.3, 0.4) is 0 Å². The van der Waals surface area contributed by atoms with Crippen molar-refractivity contribution >= 4 is 17.9 Å². The van der Waals surface area contributed by atoms with Gasteiger partial charge in [0.1, 0.15) is 11.4 Å². The van der Waals surface area contributed by atoms with Gasteiger partial charge in [0.15, 0.2) is 5.69 Å². The van der Waals surface area contributed by atoms with Crippen molar-refractivity contribution in [2.24, 2.45) is 5.10 Å². The van der Waals surface area contributed by atoms with E-state index in [9.17, 15) is 18.0 Å². The number of carbonyl (C=O) groups is 1. The third-order valence-electron chi connectivity index (χ3n) is 4.62. The Morgan fingerprint density at radius 1 is 1.23 bits per heavy atom. The lowest BCUT2D eigenvalue weighted by atomic mass is 10.1. The first-order chi connectivity index (χ1) is 16.8. The molecule has 0 unspecified atom stereocenters. The number of hydrogen-bond acceptors (Lipinski definition) is 9. The molecule has 4 aromatic rings. The van der Waals surface area contributed by atoms with Crippen molar-refractivity contribution in [2.75, 3.05) is 12.3 Å². The summed E-state index contributed by atoms with van der Waals surface area (Å²) in [6.07, 6.45) is -3.26. The Labute approximate surface area is 195 Å². The predicted octanol–water partition coefficient (Wildman–Crippen LogP) is 3.08. The van der Waals surface area contributed by atoms with Gasteiger partial charge in [0.05, 0.1) is 18.4 Å². The van der Waals surface area contributed by atoms with Crippen LogP contribution in [0.15, 0.2) is 58.3 Å². The molecule has 11 nitrogen and oxygen atoms in total. The first-order valence-electron chi connectivity index (χ1n) is 10.1. The van der Waals surface area contributed by atoms with Crippen molar-refractivity contribution in [3.63, 3.8) is 0 Å². The third-order valence-corrected chi connectivity index (χ3v) is 4.62. The molecule has 35 heavy (non-hydrogen) atoms. The molecule has 0 fully saturated rings. The number of anilines is 1. The van der Waals surface area contributed by atoms with Crippen LogP contribution in [0.2, 0.25) is 0 Å². The molecule has 2 aromatic heterocycles. The Kier molecular flexibility index (Phi) is 6.44. The Bertz CT molecular complexity index is 1360. The number of rotatable bonds is 7. The van der Waals surface area contributed by atoms with E-state index in [-0.39, 0.29) is 23.0 Å². The molecular weight excluding hydrogens is 469 g/mol. The highest BCUT2D eigenvalue weighted by Crippen LogP contribution is 2.30. The summed E-state index contributed by atoms with van der Waals surface area (Å²) in [5, 5.41) is 18.9. The second-order valence-electron chi connectivity index (χ2n) is 6.95. The molecule has 3 N–H and O–H groups in total. The second kappa shape index (κ2) is 9.62. The van der Waals surface area contributed by atoms with Crippen LogP contribution >= 0.6 is 0 Å². The van der Waals surface area contributed by atoms with Crippen molar-refractivity contribution in [1.29, 1.82) is 0 Å². The second-order valence-corrected chi connectivity index (χ2v) is 6.95. The number of nitrogens with one attached hydrogen (secondary N) is 1. The molecule has 2 heterocycles. The van der Waals surface area contributed by atoms with Gasteiger partial charge in [-0.25, -0.2) is 10.1 Å². The molecule has 0 radical (unpaired) electrons. The highest BCUT2D eigenvalue weighted by Gasteiger charge is 2.30. The molecular formula is C21H17F3N8O3. The van der Waals surface area contributed by atoms with Crippen LogP contribution in [0.5, 0.6) is 5.75 Å². The minimum atomic E-state index is -4.45. The van der Waals surface area contributed by atoms with Gasteiger partial charge >= 0.3 is 6.18 Å². The molecule has 180 valence electrons. The SMILES string of the molecule is CCOc1cccc(-c2c(C(=O)N/N=C\c3ccc(C(F)(F)F)cc3)nnn2-c2nonc2N)c1. The van der Waals surface area contributed by atoms with Gasteiger partial charge < -0.3 is 10.5 Å². The van der Waals surface area contributed by atoms with Gasteiger partial charge in [-0.3, -0.25) is 4.79 Å². The van der Waals surface area contributed by atoms with Crippen LogP contribution in [-0.2, 0) is 6.18 Å². The summed E-state index contributed by atoms with van der Waals surface area (Å²) in [6.45, 7) is 2.25. The number of benzene rings is 2. The largest absolute Gasteiger partial charge is 0.494 e. The predicted molar refractivity (Wildman–Crippen MR) is 117 cm³/mol. The zero-order chi connectivity index (χ0) is 25.0. The van der Waals surface area contributed by atoms with Crippen molar-refractivity contribution in [2.45, 2.75) is 13.1 Å². The minimum absolute atomic E-state index is 0.0154. The Morgan fingerprint density at radius 2 is 2.00 bits per heavy atom. The van der Waals surface area contributed by atoms with Crippen LogP contribution in [0.4, 0.5) is 19.0 Å². The lowest BCUT2D eigenvalue weighted by Crippen LogP contribution is -2.19. The van der Waals surface area contributed by atoms with Crippen LogP contribution in [0.1, 0.15) is 28.5 Å². The van der Waals surface area contributed by atoms with E-state index in [1.807, 2.05) is 6.92 Å². The molecule has 4 rings (SSSR count). The maximum Gasteiger partial charge on any atom is 0.416 e.